The summed E-state index contributed by atoms with van der Waals surface area (Å²) in [6.07, 6.45) is 1.89. The molecule has 0 aromatic heterocycles. The highest BCUT2D eigenvalue weighted by atomic mass is 32.2. The lowest BCUT2D eigenvalue weighted by Gasteiger charge is -2.15. The highest BCUT2D eigenvalue weighted by molar-refractivity contribution is 8.18. The highest BCUT2D eigenvalue weighted by Gasteiger charge is 2.33. The number of ether oxygens (including phenoxy) is 1. The Morgan fingerprint density at radius 2 is 1.69 bits per heavy atom. The van der Waals surface area contributed by atoms with E-state index in [1.807, 2.05) is 91.0 Å². The van der Waals surface area contributed by atoms with Crippen LogP contribution in [-0.2, 0) is 11.3 Å². The van der Waals surface area contributed by atoms with Crippen molar-refractivity contribution in [1.82, 2.24) is 4.90 Å². The summed E-state index contributed by atoms with van der Waals surface area (Å²) in [4.78, 5) is 20.3. The van der Waals surface area contributed by atoms with Crippen molar-refractivity contribution in [1.29, 1.82) is 0 Å². The summed E-state index contributed by atoms with van der Waals surface area (Å²) in [5.74, 6) is 0.713. The number of para-hydroxylation sites is 1. The fraction of sp³-hybridized carbons (Fsp3) is 0.0833. The molecule has 1 amide bonds. The number of methoxy groups -OCH3 is 1. The summed E-state index contributed by atoms with van der Waals surface area (Å²) in [7, 11) is 1.63. The van der Waals surface area contributed by atoms with Crippen LogP contribution in [0, 0.1) is 0 Å². The molecule has 5 heteroatoms. The molecule has 1 saturated heterocycles. The van der Waals surface area contributed by atoms with Crippen molar-refractivity contribution in [2.75, 3.05) is 7.11 Å². The maximum atomic E-state index is 13.2. The molecule has 1 heterocycles. The number of amidine groups is 1. The first-order valence-corrected chi connectivity index (χ1v) is 10.1. The lowest BCUT2D eigenvalue weighted by Crippen LogP contribution is -2.28. The number of carbonyl (C=O) groups excluding carboxylic acids is 1. The summed E-state index contributed by atoms with van der Waals surface area (Å²) in [6, 6.07) is 27.3. The Hall–Kier alpha value is -3.31. The number of nitrogens with zero attached hydrogens (tertiary/aromatic N) is 2. The van der Waals surface area contributed by atoms with Crippen LogP contribution in [0.15, 0.2) is 94.8 Å². The minimum absolute atomic E-state index is 0.0450. The van der Waals surface area contributed by atoms with Crippen molar-refractivity contribution < 1.29 is 9.53 Å². The van der Waals surface area contributed by atoms with Crippen LogP contribution in [0.2, 0.25) is 0 Å². The largest absolute Gasteiger partial charge is 0.497 e. The van der Waals surface area contributed by atoms with E-state index in [0.717, 1.165) is 22.6 Å². The van der Waals surface area contributed by atoms with E-state index in [-0.39, 0.29) is 5.91 Å². The quantitative estimate of drug-likeness (QED) is 0.531. The molecule has 1 aliphatic rings. The Morgan fingerprint density at radius 1 is 0.966 bits per heavy atom. The van der Waals surface area contributed by atoms with E-state index < -0.39 is 0 Å². The van der Waals surface area contributed by atoms with E-state index in [1.165, 1.54) is 11.8 Å². The molecule has 3 aromatic carbocycles. The van der Waals surface area contributed by atoms with Crippen molar-refractivity contribution >= 4 is 34.6 Å². The first-order chi connectivity index (χ1) is 14.2. The molecule has 0 bridgehead atoms. The minimum Gasteiger partial charge on any atom is -0.497 e. The van der Waals surface area contributed by atoms with Crippen LogP contribution in [0.4, 0.5) is 5.69 Å². The van der Waals surface area contributed by atoms with Gasteiger partial charge in [0, 0.05) is 0 Å². The second kappa shape index (κ2) is 8.80. The summed E-state index contributed by atoms with van der Waals surface area (Å²) in [6.45, 7) is 0.480. The van der Waals surface area contributed by atoms with E-state index >= 15 is 0 Å². The maximum absolute atomic E-state index is 13.2. The van der Waals surface area contributed by atoms with Crippen LogP contribution < -0.4 is 4.74 Å². The molecule has 0 N–H and O–H groups in total. The number of aliphatic imine (C=N–C) groups is 1. The molecule has 4 rings (SSSR count). The molecule has 4 nitrogen and oxygen atoms in total. The first kappa shape index (κ1) is 19.0. The van der Waals surface area contributed by atoms with Gasteiger partial charge in [0.05, 0.1) is 24.2 Å². The number of hydrogen-bond acceptors (Lipinski definition) is 4. The van der Waals surface area contributed by atoms with E-state index in [1.54, 1.807) is 12.0 Å². The lowest BCUT2D eigenvalue weighted by molar-refractivity contribution is -0.122. The monoisotopic (exact) mass is 400 g/mol. The summed E-state index contributed by atoms with van der Waals surface area (Å²) in [5, 5.41) is 0.680. The molecular weight excluding hydrogens is 380 g/mol. The van der Waals surface area contributed by atoms with E-state index in [9.17, 15) is 4.79 Å². The van der Waals surface area contributed by atoms with Crippen LogP contribution in [0.1, 0.15) is 11.1 Å². The molecule has 0 atom stereocenters. The molecule has 0 saturated carbocycles. The van der Waals surface area contributed by atoms with Crippen molar-refractivity contribution in [2.45, 2.75) is 6.54 Å². The third kappa shape index (κ3) is 4.58. The summed E-state index contributed by atoms with van der Waals surface area (Å²) < 4.78 is 5.29. The lowest BCUT2D eigenvalue weighted by atomic mass is 10.2. The van der Waals surface area contributed by atoms with Gasteiger partial charge in [-0.3, -0.25) is 9.69 Å². The second-order valence-corrected chi connectivity index (χ2v) is 7.50. The van der Waals surface area contributed by atoms with Gasteiger partial charge < -0.3 is 4.74 Å². The average Bonchev–Trinajstić information content (AvgIpc) is 3.04. The zero-order valence-corrected chi connectivity index (χ0v) is 16.8. The molecule has 3 aromatic rings. The molecule has 1 aliphatic heterocycles. The fourth-order valence-corrected chi connectivity index (χ4v) is 3.99. The van der Waals surface area contributed by atoms with Gasteiger partial charge in [0.25, 0.3) is 5.91 Å². The van der Waals surface area contributed by atoms with Gasteiger partial charge in [-0.1, -0.05) is 60.7 Å². The normalized spacial score (nSPS) is 16.6. The SMILES string of the molecule is COc1cccc(/C=C2/SC(=Nc3ccccc3)N(Cc3ccccc3)C2=O)c1. The second-order valence-electron chi connectivity index (χ2n) is 6.49. The molecule has 144 valence electrons. The molecule has 0 unspecified atom stereocenters. The zero-order valence-electron chi connectivity index (χ0n) is 16.0. The van der Waals surface area contributed by atoms with Gasteiger partial charge in [-0.25, -0.2) is 4.99 Å². The number of carbonyl (C=O) groups is 1. The van der Waals surface area contributed by atoms with Crippen molar-refractivity contribution in [3.8, 4) is 5.75 Å². The Kier molecular flexibility index (Phi) is 5.77. The third-order valence-electron chi connectivity index (χ3n) is 4.44. The molecule has 1 fully saturated rings. The summed E-state index contributed by atoms with van der Waals surface area (Å²) >= 11 is 1.40. The Labute approximate surface area is 174 Å². The molecule has 0 spiro atoms. The minimum atomic E-state index is -0.0450. The Bertz CT molecular complexity index is 1060. The standard InChI is InChI=1S/C24H20N2O2S/c1-28-21-14-8-11-19(15-21)16-22-23(27)26(17-18-9-4-2-5-10-18)24(29-22)25-20-12-6-3-7-13-20/h2-16H,17H2,1H3/b22-16+,25-24?. The van der Waals surface area contributed by atoms with Crippen molar-refractivity contribution in [3.05, 3.63) is 101 Å². The Balaban J connectivity index is 1.69. The third-order valence-corrected chi connectivity index (χ3v) is 5.45. The van der Waals surface area contributed by atoms with E-state index in [0.29, 0.717) is 16.6 Å². The highest BCUT2D eigenvalue weighted by Crippen LogP contribution is 2.35. The number of rotatable bonds is 5. The molecular formula is C24H20N2O2S. The number of amides is 1. The van der Waals surface area contributed by atoms with Crippen LogP contribution in [0.25, 0.3) is 6.08 Å². The van der Waals surface area contributed by atoms with Crippen molar-refractivity contribution in [3.63, 3.8) is 0 Å². The van der Waals surface area contributed by atoms with E-state index in [2.05, 4.69) is 0 Å². The van der Waals surface area contributed by atoms with Gasteiger partial charge in [0.2, 0.25) is 0 Å². The van der Waals surface area contributed by atoms with Gasteiger partial charge in [-0.05, 0) is 53.2 Å². The fourth-order valence-electron chi connectivity index (χ4n) is 2.99. The van der Waals surface area contributed by atoms with Crippen LogP contribution in [0.3, 0.4) is 0 Å². The number of hydrogen-bond donors (Lipinski definition) is 0. The van der Waals surface area contributed by atoms with Gasteiger partial charge in [0.15, 0.2) is 5.17 Å². The predicted molar refractivity (Wildman–Crippen MR) is 119 cm³/mol. The predicted octanol–water partition coefficient (Wildman–Crippen LogP) is 5.50. The van der Waals surface area contributed by atoms with Gasteiger partial charge in [-0.15, -0.1) is 0 Å². The van der Waals surface area contributed by atoms with Gasteiger partial charge in [-0.2, -0.15) is 0 Å². The van der Waals surface area contributed by atoms with Crippen LogP contribution >= 0.6 is 11.8 Å². The Morgan fingerprint density at radius 3 is 2.41 bits per heavy atom. The molecule has 29 heavy (non-hydrogen) atoms. The first-order valence-electron chi connectivity index (χ1n) is 9.26. The van der Waals surface area contributed by atoms with Crippen molar-refractivity contribution in [2.24, 2.45) is 4.99 Å². The number of benzene rings is 3. The van der Waals surface area contributed by atoms with Crippen LogP contribution in [0.5, 0.6) is 5.75 Å². The topological polar surface area (TPSA) is 41.9 Å². The summed E-state index contributed by atoms with van der Waals surface area (Å²) in [5.41, 5.74) is 2.80. The zero-order chi connectivity index (χ0) is 20.1. The smallest absolute Gasteiger partial charge is 0.267 e. The molecule has 0 aliphatic carbocycles. The molecule has 0 radical (unpaired) electrons. The van der Waals surface area contributed by atoms with E-state index in [4.69, 9.17) is 9.73 Å². The van der Waals surface area contributed by atoms with Gasteiger partial charge >= 0.3 is 0 Å². The number of thioether (sulfide) groups is 1. The average molecular weight is 401 g/mol. The van der Waals surface area contributed by atoms with Crippen LogP contribution in [-0.4, -0.2) is 23.1 Å². The van der Waals surface area contributed by atoms with Gasteiger partial charge in [0.1, 0.15) is 5.75 Å². The maximum Gasteiger partial charge on any atom is 0.267 e.